The molecule has 2 aromatic rings. The zero-order chi connectivity index (χ0) is 13.7. The van der Waals surface area contributed by atoms with Gasteiger partial charge >= 0.3 is 0 Å². The molecule has 0 aliphatic carbocycles. The summed E-state index contributed by atoms with van der Waals surface area (Å²) in [5.74, 6) is 0.144. The monoisotopic (exact) mass is 259 g/mol. The summed E-state index contributed by atoms with van der Waals surface area (Å²) in [5.41, 5.74) is 2.97. The molecule has 0 saturated heterocycles. The predicted octanol–water partition coefficient (Wildman–Crippen LogP) is 1.27. The van der Waals surface area contributed by atoms with E-state index in [1.54, 1.807) is 25.5 Å². The van der Waals surface area contributed by atoms with Gasteiger partial charge in [-0.2, -0.15) is 0 Å². The van der Waals surface area contributed by atoms with Crippen molar-refractivity contribution in [3.8, 4) is 5.75 Å². The smallest absolute Gasteiger partial charge is 0.141 e. The van der Waals surface area contributed by atoms with Gasteiger partial charge in [0.05, 0.1) is 12.3 Å². The summed E-state index contributed by atoms with van der Waals surface area (Å²) in [6.07, 6.45) is 5.11. The molecule has 0 spiro atoms. The highest BCUT2D eigenvalue weighted by atomic mass is 16.3. The fourth-order valence-electron chi connectivity index (χ4n) is 1.85. The highest BCUT2D eigenvalue weighted by Gasteiger charge is 2.10. The number of hydrogen-bond acceptors (Lipinski definition) is 5. The minimum atomic E-state index is -0.134. The van der Waals surface area contributed by atoms with E-state index in [0.717, 1.165) is 5.56 Å². The zero-order valence-electron chi connectivity index (χ0n) is 10.8. The number of aliphatic hydroxyl groups excluding tert-OH is 1. The summed E-state index contributed by atoms with van der Waals surface area (Å²) in [5, 5.41) is 22.5. The van der Waals surface area contributed by atoms with Gasteiger partial charge in [-0.05, 0) is 18.6 Å². The lowest BCUT2D eigenvalue weighted by atomic mass is 10.1. The van der Waals surface area contributed by atoms with Crippen LogP contribution in [-0.2, 0) is 19.7 Å². The summed E-state index contributed by atoms with van der Waals surface area (Å²) in [7, 11) is 0. The third kappa shape index (κ3) is 3.27. The number of nitrogens with one attached hydrogen (secondary N) is 1. The van der Waals surface area contributed by atoms with Crippen LogP contribution in [0.3, 0.4) is 0 Å². The van der Waals surface area contributed by atoms with Gasteiger partial charge in [0.2, 0.25) is 0 Å². The van der Waals surface area contributed by atoms with Crippen molar-refractivity contribution in [1.29, 1.82) is 0 Å². The summed E-state index contributed by atoms with van der Waals surface area (Å²) in [6.45, 7) is 2.73. The van der Waals surface area contributed by atoms with Gasteiger partial charge in [-0.25, -0.2) is 0 Å². The minimum Gasteiger partial charge on any atom is -0.506 e. The van der Waals surface area contributed by atoms with Crippen molar-refractivity contribution in [3.63, 3.8) is 0 Å². The van der Waals surface area contributed by atoms with Crippen LogP contribution >= 0.6 is 0 Å². The van der Waals surface area contributed by atoms with Crippen LogP contribution in [0.15, 0.2) is 30.7 Å². The fraction of sp³-hybridized carbons (Fsp3) is 0.286. The first-order valence-corrected chi connectivity index (χ1v) is 6.09. The van der Waals surface area contributed by atoms with E-state index in [-0.39, 0.29) is 12.4 Å². The zero-order valence-corrected chi connectivity index (χ0v) is 10.8. The second-order valence-electron chi connectivity index (χ2n) is 4.32. The maximum atomic E-state index is 9.98. The lowest BCUT2D eigenvalue weighted by Crippen LogP contribution is -2.15. The third-order valence-electron chi connectivity index (χ3n) is 2.95. The van der Waals surface area contributed by atoms with Crippen LogP contribution in [0.4, 0.5) is 0 Å². The SMILES string of the molecule is Cc1ncc(CO)c(CNCc2cccnc2)c1O. The molecule has 0 saturated carbocycles. The van der Waals surface area contributed by atoms with Gasteiger partial charge in [0.1, 0.15) is 5.75 Å². The largest absolute Gasteiger partial charge is 0.506 e. The molecule has 5 nitrogen and oxygen atoms in total. The molecule has 2 heterocycles. The molecule has 0 unspecified atom stereocenters. The standard InChI is InChI=1S/C14H17N3O2/c1-10-14(19)13(12(9-18)7-17-10)8-16-6-11-3-2-4-15-5-11/h2-5,7,16,18-19H,6,8-9H2,1H3. The Morgan fingerprint density at radius 3 is 2.79 bits per heavy atom. The molecule has 19 heavy (non-hydrogen) atoms. The molecule has 2 aromatic heterocycles. The number of aliphatic hydroxyl groups is 1. The molecular weight excluding hydrogens is 242 g/mol. The van der Waals surface area contributed by atoms with Gasteiger partial charge in [0.15, 0.2) is 0 Å². The molecule has 100 valence electrons. The van der Waals surface area contributed by atoms with Gasteiger partial charge in [0, 0.05) is 42.8 Å². The minimum absolute atomic E-state index is 0.134. The van der Waals surface area contributed by atoms with Crippen LogP contribution in [0.25, 0.3) is 0 Å². The maximum absolute atomic E-state index is 9.98. The number of aryl methyl sites for hydroxylation is 1. The Morgan fingerprint density at radius 2 is 2.11 bits per heavy atom. The number of rotatable bonds is 5. The van der Waals surface area contributed by atoms with Gasteiger partial charge in [0.25, 0.3) is 0 Å². The first-order valence-electron chi connectivity index (χ1n) is 6.09. The Hall–Kier alpha value is -1.98. The quantitative estimate of drug-likeness (QED) is 0.753. The average Bonchev–Trinajstić information content (AvgIpc) is 2.45. The van der Waals surface area contributed by atoms with E-state index in [2.05, 4.69) is 15.3 Å². The van der Waals surface area contributed by atoms with E-state index >= 15 is 0 Å². The number of aromatic nitrogens is 2. The Labute approximate surface area is 112 Å². The van der Waals surface area contributed by atoms with Crippen LogP contribution in [0.2, 0.25) is 0 Å². The van der Waals surface area contributed by atoms with Crippen LogP contribution < -0.4 is 5.32 Å². The van der Waals surface area contributed by atoms with E-state index in [1.807, 2.05) is 12.1 Å². The summed E-state index contributed by atoms with van der Waals surface area (Å²) >= 11 is 0. The van der Waals surface area contributed by atoms with Crippen molar-refractivity contribution in [2.75, 3.05) is 0 Å². The number of aromatic hydroxyl groups is 1. The molecule has 0 amide bonds. The Morgan fingerprint density at radius 1 is 1.26 bits per heavy atom. The molecule has 0 radical (unpaired) electrons. The molecular formula is C14H17N3O2. The van der Waals surface area contributed by atoms with Gasteiger partial charge in [-0.3, -0.25) is 9.97 Å². The lowest BCUT2D eigenvalue weighted by molar-refractivity contribution is 0.278. The Balaban J connectivity index is 2.05. The van der Waals surface area contributed by atoms with Crippen molar-refractivity contribution in [2.24, 2.45) is 0 Å². The van der Waals surface area contributed by atoms with E-state index in [1.165, 1.54) is 0 Å². The fourth-order valence-corrected chi connectivity index (χ4v) is 1.85. The molecule has 2 rings (SSSR count). The summed E-state index contributed by atoms with van der Waals surface area (Å²) in [6, 6.07) is 3.86. The molecule has 5 heteroatoms. The third-order valence-corrected chi connectivity index (χ3v) is 2.95. The van der Waals surface area contributed by atoms with E-state index < -0.39 is 0 Å². The Bertz CT molecular complexity index is 544. The molecule has 0 bridgehead atoms. The van der Waals surface area contributed by atoms with Crippen LogP contribution in [0.1, 0.15) is 22.4 Å². The highest BCUT2D eigenvalue weighted by Crippen LogP contribution is 2.23. The van der Waals surface area contributed by atoms with Crippen LogP contribution in [-0.4, -0.2) is 20.2 Å². The van der Waals surface area contributed by atoms with Crippen molar-refractivity contribution in [2.45, 2.75) is 26.6 Å². The topological polar surface area (TPSA) is 78.3 Å². The molecule has 0 aliphatic rings. The number of hydrogen-bond donors (Lipinski definition) is 3. The molecule has 0 aliphatic heterocycles. The molecule has 0 atom stereocenters. The van der Waals surface area contributed by atoms with Gasteiger partial charge < -0.3 is 15.5 Å². The van der Waals surface area contributed by atoms with Gasteiger partial charge in [-0.15, -0.1) is 0 Å². The second kappa shape index (κ2) is 6.26. The van der Waals surface area contributed by atoms with Crippen molar-refractivity contribution in [1.82, 2.24) is 15.3 Å². The Kier molecular flexibility index (Phi) is 4.43. The number of pyridine rings is 2. The van der Waals surface area contributed by atoms with Crippen LogP contribution in [0.5, 0.6) is 5.75 Å². The van der Waals surface area contributed by atoms with Crippen molar-refractivity contribution >= 4 is 0 Å². The van der Waals surface area contributed by atoms with Crippen molar-refractivity contribution < 1.29 is 10.2 Å². The first-order chi connectivity index (χ1) is 9.22. The highest BCUT2D eigenvalue weighted by molar-refractivity contribution is 5.40. The molecule has 3 N–H and O–H groups in total. The first kappa shape index (κ1) is 13.5. The molecule has 0 aromatic carbocycles. The molecule has 0 fully saturated rings. The average molecular weight is 259 g/mol. The van der Waals surface area contributed by atoms with Crippen molar-refractivity contribution in [3.05, 3.63) is 53.1 Å². The lowest BCUT2D eigenvalue weighted by Gasteiger charge is -2.12. The summed E-state index contributed by atoms with van der Waals surface area (Å²) < 4.78 is 0. The number of nitrogens with zero attached hydrogens (tertiary/aromatic N) is 2. The second-order valence-corrected chi connectivity index (χ2v) is 4.32. The predicted molar refractivity (Wildman–Crippen MR) is 71.3 cm³/mol. The van der Waals surface area contributed by atoms with Crippen LogP contribution in [0, 0.1) is 6.92 Å². The summed E-state index contributed by atoms with van der Waals surface area (Å²) in [4.78, 5) is 8.06. The van der Waals surface area contributed by atoms with Gasteiger partial charge in [-0.1, -0.05) is 6.07 Å². The normalized spacial score (nSPS) is 10.6. The van der Waals surface area contributed by atoms with E-state index in [4.69, 9.17) is 0 Å². The van der Waals surface area contributed by atoms with E-state index in [0.29, 0.717) is 29.9 Å². The van der Waals surface area contributed by atoms with E-state index in [9.17, 15) is 10.2 Å². The maximum Gasteiger partial charge on any atom is 0.141 e.